The molecule has 0 radical (unpaired) electrons. The normalized spacial score (nSPS) is 9.67. The zero-order valence-corrected chi connectivity index (χ0v) is 3.72. The van der Waals surface area contributed by atoms with Crippen molar-refractivity contribution in [3.8, 4) is 0 Å². The fraction of sp³-hybridized carbons (Fsp3) is 0.500. The van der Waals surface area contributed by atoms with Crippen molar-refractivity contribution in [3.05, 3.63) is 12.3 Å². The number of ether oxygens (including phenoxy) is 1. The fourth-order valence-corrected chi connectivity index (χ4v) is 0.139. The lowest BCUT2D eigenvalue weighted by Gasteiger charge is -1.85. The first-order valence-electron chi connectivity index (χ1n) is 1.75. The van der Waals surface area contributed by atoms with Gasteiger partial charge in [0.15, 0.2) is 6.79 Å². The average molecular weight is 88.1 g/mol. The van der Waals surface area contributed by atoms with E-state index in [4.69, 9.17) is 5.11 Å². The molecule has 2 nitrogen and oxygen atoms in total. The van der Waals surface area contributed by atoms with E-state index in [1.165, 1.54) is 6.26 Å². The van der Waals surface area contributed by atoms with E-state index in [0.717, 1.165) is 0 Å². The summed E-state index contributed by atoms with van der Waals surface area (Å²) in [6.07, 6.45) is 3.14. The van der Waals surface area contributed by atoms with Gasteiger partial charge in [0.25, 0.3) is 0 Å². The van der Waals surface area contributed by atoms with Gasteiger partial charge in [0.1, 0.15) is 0 Å². The van der Waals surface area contributed by atoms with Gasteiger partial charge in [-0.1, -0.05) is 6.08 Å². The standard InChI is InChI=1S/C4H8O2/c1-2-3-6-4-5/h2-3,5H,4H2,1H3/b3-2+. The second-order valence-corrected chi connectivity index (χ2v) is 0.765. The molecular formula is C4H8O2. The number of aliphatic hydroxyl groups excluding tert-OH is 1. The van der Waals surface area contributed by atoms with Crippen molar-refractivity contribution in [2.45, 2.75) is 6.92 Å². The number of allylic oxidation sites excluding steroid dienone is 1. The highest BCUT2D eigenvalue weighted by Crippen LogP contribution is 1.69. The number of aliphatic hydroxyl groups is 1. The second-order valence-electron chi connectivity index (χ2n) is 0.765. The maximum absolute atomic E-state index is 7.92. The van der Waals surface area contributed by atoms with Crippen LogP contribution in [0, 0.1) is 0 Å². The minimum absolute atomic E-state index is 0.232. The summed E-state index contributed by atoms with van der Waals surface area (Å²) in [4.78, 5) is 0. The van der Waals surface area contributed by atoms with E-state index in [1.54, 1.807) is 6.08 Å². The average Bonchev–Trinajstić information content (AvgIpc) is 1.61. The SMILES string of the molecule is C/C=C/OCO. The molecule has 0 saturated heterocycles. The summed E-state index contributed by atoms with van der Waals surface area (Å²) < 4.78 is 4.36. The molecule has 0 aromatic rings. The van der Waals surface area contributed by atoms with Gasteiger partial charge < -0.3 is 9.84 Å². The predicted octanol–water partition coefficient (Wildman–Crippen LogP) is 0.486. The third kappa shape index (κ3) is 3.50. The van der Waals surface area contributed by atoms with Gasteiger partial charge >= 0.3 is 0 Å². The van der Waals surface area contributed by atoms with E-state index in [9.17, 15) is 0 Å². The summed E-state index contributed by atoms with van der Waals surface area (Å²) in [6, 6.07) is 0. The van der Waals surface area contributed by atoms with Crippen LogP contribution in [-0.4, -0.2) is 11.9 Å². The number of rotatable bonds is 2. The van der Waals surface area contributed by atoms with Crippen molar-refractivity contribution in [2.24, 2.45) is 0 Å². The Labute approximate surface area is 37.1 Å². The molecule has 36 valence electrons. The van der Waals surface area contributed by atoms with E-state index in [0.29, 0.717) is 0 Å². The first-order chi connectivity index (χ1) is 2.91. The van der Waals surface area contributed by atoms with Crippen LogP contribution in [0.3, 0.4) is 0 Å². The van der Waals surface area contributed by atoms with Gasteiger partial charge in [-0.2, -0.15) is 0 Å². The summed E-state index contributed by atoms with van der Waals surface area (Å²) in [5.41, 5.74) is 0. The highest BCUT2D eigenvalue weighted by molar-refractivity contribution is 4.63. The molecule has 0 aliphatic carbocycles. The van der Waals surface area contributed by atoms with Crippen LogP contribution in [0.1, 0.15) is 6.92 Å². The smallest absolute Gasteiger partial charge is 0.185 e. The van der Waals surface area contributed by atoms with Crippen LogP contribution in [-0.2, 0) is 4.74 Å². The summed E-state index contributed by atoms with van der Waals surface area (Å²) in [5, 5.41) is 7.92. The van der Waals surface area contributed by atoms with Crippen LogP contribution < -0.4 is 0 Å². The third-order valence-electron chi connectivity index (χ3n) is 0.307. The Morgan fingerprint density at radius 2 is 2.50 bits per heavy atom. The molecule has 0 unspecified atom stereocenters. The van der Waals surface area contributed by atoms with Gasteiger partial charge in [0.05, 0.1) is 6.26 Å². The monoisotopic (exact) mass is 88.1 g/mol. The fourth-order valence-electron chi connectivity index (χ4n) is 0.139. The molecule has 0 atom stereocenters. The third-order valence-corrected chi connectivity index (χ3v) is 0.307. The van der Waals surface area contributed by atoms with Gasteiger partial charge in [-0.25, -0.2) is 0 Å². The lowest BCUT2D eigenvalue weighted by molar-refractivity contribution is 0.0601. The Bertz CT molecular complexity index is 40.8. The van der Waals surface area contributed by atoms with Crippen LogP contribution in [0.5, 0.6) is 0 Å². The predicted molar refractivity (Wildman–Crippen MR) is 23.0 cm³/mol. The van der Waals surface area contributed by atoms with Gasteiger partial charge in [0, 0.05) is 0 Å². The quantitative estimate of drug-likeness (QED) is 0.393. The van der Waals surface area contributed by atoms with E-state index in [2.05, 4.69) is 4.74 Å². The first kappa shape index (κ1) is 5.50. The van der Waals surface area contributed by atoms with Crippen LogP contribution >= 0.6 is 0 Å². The molecule has 0 aliphatic heterocycles. The Hall–Kier alpha value is -0.500. The molecule has 2 heteroatoms. The minimum Gasteiger partial charge on any atom is -0.476 e. The van der Waals surface area contributed by atoms with Crippen LogP contribution in [0.25, 0.3) is 0 Å². The lowest BCUT2D eigenvalue weighted by Crippen LogP contribution is -1.79. The molecule has 0 rings (SSSR count). The van der Waals surface area contributed by atoms with Gasteiger partial charge in [0.2, 0.25) is 0 Å². The van der Waals surface area contributed by atoms with E-state index < -0.39 is 0 Å². The topological polar surface area (TPSA) is 29.5 Å². The van der Waals surface area contributed by atoms with Gasteiger partial charge in [-0.3, -0.25) is 0 Å². The molecule has 6 heavy (non-hydrogen) atoms. The van der Waals surface area contributed by atoms with Crippen LogP contribution in [0.15, 0.2) is 12.3 Å². The van der Waals surface area contributed by atoms with Crippen molar-refractivity contribution in [3.63, 3.8) is 0 Å². The summed E-state index contributed by atoms with van der Waals surface area (Å²) in [7, 11) is 0. The second kappa shape index (κ2) is 4.50. The molecular weight excluding hydrogens is 80.0 g/mol. The van der Waals surface area contributed by atoms with E-state index in [-0.39, 0.29) is 6.79 Å². The summed E-state index contributed by atoms with van der Waals surface area (Å²) >= 11 is 0. The van der Waals surface area contributed by atoms with Crippen molar-refractivity contribution in [1.29, 1.82) is 0 Å². The van der Waals surface area contributed by atoms with Crippen LogP contribution in [0.4, 0.5) is 0 Å². The highest BCUT2D eigenvalue weighted by atomic mass is 16.6. The molecule has 0 fully saturated rings. The van der Waals surface area contributed by atoms with Crippen molar-refractivity contribution >= 4 is 0 Å². The Balaban J connectivity index is 2.66. The molecule has 0 aromatic carbocycles. The first-order valence-corrected chi connectivity index (χ1v) is 1.75. The van der Waals surface area contributed by atoms with Crippen LogP contribution in [0.2, 0.25) is 0 Å². The zero-order valence-electron chi connectivity index (χ0n) is 3.72. The van der Waals surface area contributed by atoms with E-state index in [1.807, 2.05) is 6.92 Å². The number of hydrogen-bond acceptors (Lipinski definition) is 2. The molecule has 0 saturated carbocycles. The summed E-state index contributed by atoms with van der Waals surface area (Å²) in [5.74, 6) is 0. The molecule has 0 bridgehead atoms. The number of hydrogen-bond donors (Lipinski definition) is 1. The van der Waals surface area contributed by atoms with Crippen molar-refractivity contribution in [2.75, 3.05) is 6.79 Å². The molecule has 1 N–H and O–H groups in total. The zero-order chi connectivity index (χ0) is 4.83. The Kier molecular flexibility index (Phi) is 4.12. The molecule has 0 spiro atoms. The highest BCUT2D eigenvalue weighted by Gasteiger charge is 1.60. The molecule has 0 aromatic heterocycles. The van der Waals surface area contributed by atoms with Gasteiger partial charge in [-0.05, 0) is 6.92 Å². The van der Waals surface area contributed by atoms with Crippen molar-refractivity contribution in [1.82, 2.24) is 0 Å². The van der Waals surface area contributed by atoms with Gasteiger partial charge in [-0.15, -0.1) is 0 Å². The maximum Gasteiger partial charge on any atom is 0.185 e. The maximum atomic E-state index is 7.92. The molecule has 0 heterocycles. The lowest BCUT2D eigenvalue weighted by atomic mass is 10.7. The summed E-state index contributed by atoms with van der Waals surface area (Å²) in [6.45, 7) is 1.58. The van der Waals surface area contributed by atoms with Crippen molar-refractivity contribution < 1.29 is 9.84 Å². The Morgan fingerprint density at radius 1 is 1.83 bits per heavy atom. The van der Waals surface area contributed by atoms with E-state index >= 15 is 0 Å². The Morgan fingerprint density at radius 3 is 2.67 bits per heavy atom. The molecule has 0 amide bonds. The largest absolute Gasteiger partial charge is 0.476 e. The minimum atomic E-state index is -0.232. The molecule has 0 aliphatic rings.